The van der Waals surface area contributed by atoms with Gasteiger partial charge in [0.2, 0.25) is 5.91 Å². The highest BCUT2D eigenvalue weighted by molar-refractivity contribution is 6.01. The Bertz CT molecular complexity index is 918. The predicted octanol–water partition coefficient (Wildman–Crippen LogP) is 3.10. The average molecular weight is 366 g/mol. The van der Waals surface area contributed by atoms with Crippen molar-refractivity contribution < 1.29 is 14.5 Å². The zero-order chi connectivity index (χ0) is 19.4. The van der Waals surface area contributed by atoms with Crippen LogP contribution >= 0.6 is 0 Å². The topological polar surface area (TPSA) is 114 Å². The Kier molecular flexibility index (Phi) is 5.25. The van der Waals surface area contributed by atoms with Crippen LogP contribution in [-0.4, -0.2) is 22.4 Å². The van der Waals surface area contributed by atoms with E-state index in [0.29, 0.717) is 22.5 Å². The Labute approximate surface area is 155 Å². The summed E-state index contributed by atoms with van der Waals surface area (Å²) >= 11 is 0. The van der Waals surface area contributed by atoms with Gasteiger partial charge in [0, 0.05) is 34.9 Å². The van der Waals surface area contributed by atoms with Crippen molar-refractivity contribution in [2.75, 3.05) is 5.32 Å². The quantitative estimate of drug-likeness (QED) is 0.464. The smallest absolute Gasteiger partial charge is 0.271 e. The number of nitro groups is 1. The van der Waals surface area contributed by atoms with Crippen LogP contribution in [0.5, 0.6) is 0 Å². The van der Waals surface area contributed by atoms with Gasteiger partial charge in [0.05, 0.1) is 10.6 Å². The van der Waals surface area contributed by atoms with Gasteiger partial charge in [-0.05, 0) is 44.0 Å². The van der Waals surface area contributed by atoms with Gasteiger partial charge >= 0.3 is 0 Å². The fourth-order valence-electron chi connectivity index (χ4n) is 2.40. The molecule has 0 unspecified atom stereocenters. The summed E-state index contributed by atoms with van der Waals surface area (Å²) in [6.07, 6.45) is 1.85. The lowest BCUT2D eigenvalue weighted by molar-refractivity contribution is -0.384. The summed E-state index contributed by atoms with van der Waals surface area (Å²) in [4.78, 5) is 34.3. The maximum absolute atomic E-state index is 12.2. The van der Waals surface area contributed by atoms with Crippen LogP contribution < -0.4 is 10.7 Å². The summed E-state index contributed by atoms with van der Waals surface area (Å²) < 4.78 is 0. The van der Waals surface area contributed by atoms with Crippen molar-refractivity contribution in [3.05, 3.63) is 69.8 Å². The van der Waals surface area contributed by atoms with E-state index in [-0.39, 0.29) is 17.5 Å². The summed E-state index contributed by atoms with van der Waals surface area (Å²) in [5.74, 6) is -0.302. The van der Waals surface area contributed by atoms with Crippen LogP contribution in [0.2, 0.25) is 0 Å². The minimum atomic E-state index is -0.487. The second kappa shape index (κ2) is 7.77. The fourth-order valence-corrected chi connectivity index (χ4v) is 2.40. The molecule has 8 heteroatoms. The van der Waals surface area contributed by atoms with Gasteiger partial charge in [0.1, 0.15) is 0 Å². The predicted molar refractivity (Wildman–Crippen MR) is 101 cm³/mol. The second-order valence-corrected chi connectivity index (χ2v) is 6.29. The van der Waals surface area contributed by atoms with Gasteiger partial charge in [-0.1, -0.05) is 12.1 Å². The first kappa shape index (κ1) is 18.2. The molecule has 1 saturated carbocycles. The van der Waals surface area contributed by atoms with Crippen LogP contribution in [0.1, 0.15) is 35.7 Å². The highest BCUT2D eigenvalue weighted by Crippen LogP contribution is 2.30. The highest BCUT2D eigenvalue weighted by Gasteiger charge is 2.29. The Morgan fingerprint density at radius 1 is 1.11 bits per heavy atom. The van der Waals surface area contributed by atoms with E-state index in [4.69, 9.17) is 0 Å². The van der Waals surface area contributed by atoms with Crippen LogP contribution in [-0.2, 0) is 4.79 Å². The molecule has 0 aromatic heterocycles. The molecule has 8 nitrogen and oxygen atoms in total. The monoisotopic (exact) mass is 366 g/mol. The largest absolute Gasteiger partial charge is 0.326 e. The van der Waals surface area contributed by atoms with E-state index in [1.165, 1.54) is 12.1 Å². The van der Waals surface area contributed by atoms with Crippen LogP contribution in [0.3, 0.4) is 0 Å². The SMILES string of the molecule is C/C(=N\NC(=O)c1ccc(NC(=O)C2CC2)cc1)c1cccc([N+](=O)[O-])c1. The maximum Gasteiger partial charge on any atom is 0.271 e. The third-order valence-electron chi connectivity index (χ3n) is 4.16. The molecule has 1 fully saturated rings. The van der Waals surface area contributed by atoms with Gasteiger partial charge in [-0.2, -0.15) is 5.10 Å². The summed E-state index contributed by atoms with van der Waals surface area (Å²) in [6.45, 7) is 1.65. The second-order valence-electron chi connectivity index (χ2n) is 6.29. The first-order valence-electron chi connectivity index (χ1n) is 8.44. The highest BCUT2D eigenvalue weighted by atomic mass is 16.6. The number of carbonyl (C=O) groups excluding carboxylic acids is 2. The molecular weight excluding hydrogens is 348 g/mol. The van der Waals surface area contributed by atoms with Crippen molar-refractivity contribution in [1.82, 2.24) is 5.43 Å². The molecule has 1 aliphatic carbocycles. The van der Waals surface area contributed by atoms with Crippen molar-refractivity contribution in [3.63, 3.8) is 0 Å². The number of benzene rings is 2. The molecule has 27 heavy (non-hydrogen) atoms. The van der Waals surface area contributed by atoms with Gasteiger partial charge in [0.25, 0.3) is 11.6 Å². The molecule has 138 valence electrons. The minimum Gasteiger partial charge on any atom is -0.326 e. The number of nitrogens with zero attached hydrogens (tertiary/aromatic N) is 2. The lowest BCUT2D eigenvalue weighted by atomic mass is 10.1. The summed E-state index contributed by atoms with van der Waals surface area (Å²) in [6, 6.07) is 12.5. The van der Waals surface area contributed by atoms with Crippen molar-refractivity contribution in [1.29, 1.82) is 0 Å². The molecule has 1 aliphatic rings. The maximum atomic E-state index is 12.2. The van der Waals surface area contributed by atoms with E-state index in [1.807, 2.05) is 0 Å². The van der Waals surface area contributed by atoms with E-state index in [2.05, 4.69) is 15.8 Å². The summed E-state index contributed by atoms with van der Waals surface area (Å²) in [5, 5.41) is 17.6. The van der Waals surface area contributed by atoms with Crippen molar-refractivity contribution in [3.8, 4) is 0 Å². The average Bonchev–Trinajstić information content (AvgIpc) is 3.52. The molecule has 0 heterocycles. The van der Waals surface area contributed by atoms with Crippen LogP contribution in [0, 0.1) is 16.0 Å². The number of nitro benzene ring substituents is 1. The molecular formula is C19H18N4O4. The van der Waals surface area contributed by atoms with Crippen LogP contribution in [0.4, 0.5) is 11.4 Å². The first-order chi connectivity index (χ1) is 12.9. The Balaban J connectivity index is 1.62. The number of hydrogen-bond acceptors (Lipinski definition) is 5. The van der Waals surface area contributed by atoms with E-state index >= 15 is 0 Å². The van der Waals surface area contributed by atoms with Crippen LogP contribution in [0.15, 0.2) is 53.6 Å². The molecule has 0 atom stereocenters. The van der Waals surface area contributed by atoms with E-state index in [9.17, 15) is 19.7 Å². The molecule has 0 spiro atoms. The van der Waals surface area contributed by atoms with Crippen LogP contribution in [0.25, 0.3) is 0 Å². The zero-order valence-electron chi connectivity index (χ0n) is 14.6. The molecule has 0 radical (unpaired) electrons. The third-order valence-corrected chi connectivity index (χ3v) is 4.16. The zero-order valence-corrected chi connectivity index (χ0v) is 14.6. The normalized spacial score (nSPS) is 13.7. The Morgan fingerprint density at radius 3 is 2.44 bits per heavy atom. The number of hydrazone groups is 1. The number of non-ortho nitro benzene ring substituents is 1. The van der Waals surface area contributed by atoms with Crippen molar-refractivity contribution in [2.45, 2.75) is 19.8 Å². The van der Waals surface area contributed by atoms with Crippen molar-refractivity contribution in [2.24, 2.45) is 11.0 Å². The van der Waals surface area contributed by atoms with Gasteiger partial charge in [-0.25, -0.2) is 5.43 Å². The molecule has 2 aromatic rings. The van der Waals surface area contributed by atoms with Gasteiger partial charge in [0.15, 0.2) is 0 Å². The summed E-state index contributed by atoms with van der Waals surface area (Å²) in [7, 11) is 0. The molecule has 0 saturated heterocycles. The molecule has 2 amide bonds. The Morgan fingerprint density at radius 2 is 1.81 bits per heavy atom. The molecule has 0 aliphatic heterocycles. The lowest BCUT2D eigenvalue weighted by Gasteiger charge is -2.06. The van der Waals surface area contributed by atoms with Gasteiger partial charge in [-0.15, -0.1) is 0 Å². The minimum absolute atomic E-state index is 0.00406. The number of nitrogens with one attached hydrogen (secondary N) is 2. The molecule has 2 N–H and O–H groups in total. The number of amides is 2. The fraction of sp³-hybridized carbons (Fsp3) is 0.211. The van der Waals surface area contributed by atoms with E-state index < -0.39 is 10.8 Å². The number of anilines is 1. The number of carbonyl (C=O) groups is 2. The third kappa shape index (κ3) is 4.75. The molecule has 2 aromatic carbocycles. The number of hydrogen-bond donors (Lipinski definition) is 2. The molecule has 3 rings (SSSR count). The first-order valence-corrected chi connectivity index (χ1v) is 8.44. The molecule has 0 bridgehead atoms. The Hall–Kier alpha value is -3.55. The van der Waals surface area contributed by atoms with E-state index in [0.717, 1.165) is 12.8 Å². The van der Waals surface area contributed by atoms with Gasteiger partial charge in [-0.3, -0.25) is 19.7 Å². The standard InChI is InChI=1S/C19H18N4O4/c1-12(15-3-2-4-17(11-15)23(26)27)21-22-19(25)14-7-9-16(10-8-14)20-18(24)13-5-6-13/h2-4,7-11,13H,5-6H2,1H3,(H,20,24)(H,22,25)/b21-12+. The number of rotatable bonds is 6. The van der Waals surface area contributed by atoms with Crippen molar-refractivity contribution >= 4 is 28.9 Å². The van der Waals surface area contributed by atoms with Gasteiger partial charge < -0.3 is 5.32 Å². The lowest BCUT2D eigenvalue weighted by Crippen LogP contribution is -2.19. The summed E-state index contributed by atoms with van der Waals surface area (Å²) in [5.41, 5.74) is 4.39. The van der Waals surface area contributed by atoms with E-state index in [1.54, 1.807) is 43.3 Å².